The Morgan fingerprint density at radius 2 is 1.56 bits per heavy atom. The van der Waals surface area contributed by atoms with E-state index in [0.717, 1.165) is 16.3 Å². The van der Waals surface area contributed by atoms with Crippen molar-refractivity contribution in [2.75, 3.05) is 0 Å². The molecule has 0 aliphatic heterocycles. The van der Waals surface area contributed by atoms with Gasteiger partial charge in [-0.2, -0.15) is 0 Å². The largest absolute Gasteiger partial charge is 0.489 e. The van der Waals surface area contributed by atoms with Gasteiger partial charge in [0.05, 0.1) is 0 Å². The van der Waals surface area contributed by atoms with Crippen molar-refractivity contribution in [1.29, 1.82) is 0 Å². The van der Waals surface area contributed by atoms with Gasteiger partial charge in [-0.05, 0) is 29.8 Å². The van der Waals surface area contributed by atoms with E-state index in [-0.39, 0.29) is 0 Å². The van der Waals surface area contributed by atoms with Gasteiger partial charge in [-0.25, -0.2) is 0 Å². The maximum Gasteiger partial charge on any atom is 0.169 e. The predicted octanol–water partition coefficient (Wildman–Crippen LogP) is 3.88. The maximum absolute atomic E-state index is 5.84. The number of benzene rings is 2. The molecule has 2 aromatic carbocycles. The highest BCUT2D eigenvalue weighted by Gasteiger charge is 2.02. The Hall–Kier alpha value is -1.41. The van der Waals surface area contributed by atoms with E-state index in [1.807, 2.05) is 36.4 Å². The Balaban J connectivity index is 1.95. The Labute approximate surface area is 114 Å². The lowest BCUT2D eigenvalue weighted by atomic mass is 9.49. The van der Waals surface area contributed by atoms with Gasteiger partial charge in [-0.1, -0.05) is 55.0 Å². The molecule has 92 valence electrons. The van der Waals surface area contributed by atoms with Crippen LogP contribution in [-0.2, 0) is 6.61 Å². The summed E-state index contributed by atoms with van der Waals surface area (Å²) in [4.78, 5) is 0. The van der Waals surface area contributed by atoms with Crippen molar-refractivity contribution in [1.82, 2.24) is 0 Å². The van der Waals surface area contributed by atoms with Gasteiger partial charge >= 0.3 is 0 Å². The van der Waals surface area contributed by atoms with Crippen molar-refractivity contribution in [3.05, 3.63) is 59.1 Å². The number of rotatable bonds is 4. The van der Waals surface area contributed by atoms with Gasteiger partial charge in [0, 0.05) is 5.02 Å². The van der Waals surface area contributed by atoms with Gasteiger partial charge in [0.15, 0.2) is 6.71 Å². The molecule has 3 heteroatoms. The molecule has 0 N–H and O–H groups in total. The standard InChI is InChI=1S/C15H16BClO/c1-16(2)13-5-9-15(10-6-13)18-11-12-3-7-14(17)8-4-12/h3-10H,11H2,1-2H3. The number of hydrogen-bond acceptors (Lipinski definition) is 1. The SMILES string of the molecule is CB(C)c1ccc(OCc2ccc(Cl)cc2)cc1. The molecule has 0 spiro atoms. The maximum atomic E-state index is 5.84. The highest BCUT2D eigenvalue weighted by molar-refractivity contribution is 6.70. The summed E-state index contributed by atoms with van der Waals surface area (Å²) in [6.07, 6.45) is 0. The summed E-state index contributed by atoms with van der Waals surface area (Å²) in [5.74, 6) is 0.898. The van der Waals surface area contributed by atoms with Crippen LogP contribution in [0.5, 0.6) is 5.75 Å². The second-order valence-electron chi connectivity index (χ2n) is 4.64. The Kier molecular flexibility index (Phi) is 4.32. The van der Waals surface area contributed by atoms with Crippen LogP contribution in [0.15, 0.2) is 48.5 Å². The molecule has 0 heterocycles. The zero-order chi connectivity index (χ0) is 13.0. The van der Waals surface area contributed by atoms with Crippen LogP contribution in [0.1, 0.15) is 5.56 Å². The van der Waals surface area contributed by atoms with Crippen molar-refractivity contribution in [2.45, 2.75) is 20.3 Å². The summed E-state index contributed by atoms with van der Waals surface area (Å²) in [7, 11) is 0. The molecule has 18 heavy (non-hydrogen) atoms. The molecular weight excluding hydrogens is 242 g/mol. The molecule has 0 fully saturated rings. The van der Waals surface area contributed by atoms with Crippen LogP contribution in [0.3, 0.4) is 0 Å². The highest BCUT2D eigenvalue weighted by Crippen LogP contribution is 2.13. The summed E-state index contributed by atoms with van der Waals surface area (Å²) < 4.78 is 5.72. The average molecular weight is 259 g/mol. The molecule has 0 aliphatic carbocycles. The fourth-order valence-corrected chi connectivity index (χ4v) is 1.82. The minimum atomic E-state index is 0.551. The van der Waals surface area contributed by atoms with E-state index in [1.165, 1.54) is 5.46 Å². The molecule has 0 saturated heterocycles. The van der Waals surface area contributed by atoms with E-state index in [2.05, 4.69) is 25.8 Å². The molecule has 1 nitrogen and oxygen atoms in total. The quantitative estimate of drug-likeness (QED) is 0.756. The van der Waals surface area contributed by atoms with Gasteiger partial charge in [0.2, 0.25) is 0 Å². The van der Waals surface area contributed by atoms with Crippen LogP contribution in [0.2, 0.25) is 18.7 Å². The lowest BCUT2D eigenvalue weighted by Crippen LogP contribution is -2.21. The van der Waals surface area contributed by atoms with Crippen molar-refractivity contribution in [3.63, 3.8) is 0 Å². The van der Waals surface area contributed by atoms with Crippen molar-refractivity contribution in [2.24, 2.45) is 0 Å². The topological polar surface area (TPSA) is 9.23 Å². The van der Waals surface area contributed by atoms with Crippen LogP contribution in [0.25, 0.3) is 0 Å². The molecule has 2 rings (SSSR count). The van der Waals surface area contributed by atoms with E-state index in [9.17, 15) is 0 Å². The zero-order valence-electron chi connectivity index (χ0n) is 10.7. The first-order valence-electron chi connectivity index (χ1n) is 6.12. The smallest absolute Gasteiger partial charge is 0.169 e. The van der Waals surface area contributed by atoms with E-state index in [1.54, 1.807) is 0 Å². The Bertz CT molecular complexity index is 491. The van der Waals surface area contributed by atoms with Crippen molar-refractivity contribution >= 4 is 23.8 Å². The minimum absolute atomic E-state index is 0.551. The molecule has 0 atom stereocenters. The fourth-order valence-electron chi connectivity index (χ4n) is 1.70. The van der Waals surface area contributed by atoms with E-state index in [0.29, 0.717) is 13.3 Å². The molecular formula is C15H16BClO. The van der Waals surface area contributed by atoms with Crippen LogP contribution >= 0.6 is 11.6 Å². The minimum Gasteiger partial charge on any atom is -0.489 e. The Morgan fingerprint density at radius 1 is 0.944 bits per heavy atom. The fraction of sp³-hybridized carbons (Fsp3) is 0.200. The molecule has 0 saturated carbocycles. The monoisotopic (exact) mass is 258 g/mol. The second-order valence-corrected chi connectivity index (χ2v) is 5.08. The first-order chi connectivity index (χ1) is 8.65. The third kappa shape index (κ3) is 3.54. The van der Waals surface area contributed by atoms with E-state index >= 15 is 0 Å². The molecule has 0 unspecified atom stereocenters. The second kappa shape index (κ2) is 5.97. The molecule has 2 aromatic rings. The van der Waals surface area contributed by atoms with Crippen LogP contribution < -0.4 is 10.2 Å². The van der Waals surface area contributed by atoms with Crippen LogP contribution in [-0.4, -0.2) is 6.71 Å². The lowest BCUT2D eigenvalue weighted by Gasteiger charge is -2.08. The molecule has 0 aliphatic rings. The van der Waals surface area contributed by atoms with Crippen LogP contribution in [0, 0.1) is 0 Å². The highest BCUT2D eigenvalue weighted by atomic mass is 35.5. The normalized spacial score (nSPS) is 10.2. The average Bonchev–Trinajstić information content (AvgIpc) is 2.38. The number of halogens is 1. The molecule has 0 bridgehead atoms. The first-order valence-corrected chi connectivity index (χ1v) is 6.50. The summed E-state index contributed by atoms with van der Waals surface area (Å²) in [5, 5.41) is 0.750. The van der Waals surface area contributed by atoms with Gasteiger partial charge in [-0.15, -0.1) is 0 Å². The third-order valence-electron chi connectivity index (χ3n) is 2.87. The van der Waals surface area contributed by atoms with Gasteiger partial charge in [0.25, 0.3) is 0 Å². The van der Waals surface area contributed by atoms with Gasteiger partial charge in [-0.3, -0.25) is 0 Å². The molecule has 0 amide bonds. The summed E-state index contributed by atoms with van der Waals surface area (Å²) >= 11 is 5.84. The molecule has 0 aromatic heterocycles. The third-order valence-corrected chi connectivity index (χ3v) is 3.12. The summed E-state index contributed by atoms with van der Waals surface area (Å²) in [6, 6.07) is 16.0. The number of ether oxygens (including phenoxy) is 1. The lowest BCUT2D eigenvalue weighted by molar-refractivity contribution is 0.306. The Morgan fingerprint density at radius 3 is 2.11 bits per heavy atom. The zero-order valence-corrected chi connectivity index (χ0v) is 11.4. The van der Waals surface area contributed by atoms with Crippen molar-refractivity contribution in [3.8, 4) is 5.75 Å². The summed E-state index contributed by atoms with van der Waals surface area (Å²) in [5.41, 5.74) is 2.45. The van der Waals surface area contributed by atoms with Gasteiger partial charge in [0.1, 0.15) is 12.4 Å². The molecule has 0 radical (unpaired) electrons. The van der Waals surface area contributed by atoms with Crippen molar-refractivity contribution < 1.29 is 4.74 Å². The first kappa shape index (κ1) is 13.0. The van der Waals surface area contributed by atoms with E-state index < -0.39 is 0 Å². The van der Waals surface area contributed by atoms with E-state index in [4.69, 9.17) is 16.3 Å². The van der Waals surface area contributed by atoms with Gasteiger partial charge < -0.3 is 4.74 Å². The number of hydrogen-bond donors (Lipinski definition) is 0. The summed E-state index contributed by atoms with van der Waals surface area (Å²) in [6.45, 7) is 5.49. The predicted molar refractivity (Wildman–Crippen MR) is 79.3 cm³/mol. The van der Waals surface area contributed by atoms with Crippen LogP contribution in [0.4, 0.5) is 0 Å².